The van der Waals surface area contributed by atoms with E-state index in [0.717, 1.165) is 23.7 Å². The van der Waals surface area contributed by atoms with Crippen LogP contribution in [0.5, 0.6) is 0 Å². The third-order valence-corrected chi connectivity index (χ3v) is 2.49. The standard InChI is InChI=1S/C12H18F2N2/c1-9-10(4-3-5-11(9)15)6-7-16-8-12(2,13)14/h3-5,16H,6-8,15H2,1-2H3. The van der Waals surface area contributed by atoms with Crippen molar-refractivity contribution >= 4 is 5.69 Å². The molecule has 90 valence electrons. The summed E-state index contributed by atoms with van der Waals surface area (Å²) >= 11 is 0. The Labute approximate surface area is 94.8 Å². The molecule has 16 heavy (non-hydrogen) atoms. The second-order valence-corrected chi connectivity index (χ2v) is 4.13. The van der Waals surface area contributed by atoms with Gasteiger partial charge in [-0.15, -0.1) is 0 Å². The molecule has 0 heterocycles. The first-order chi connectivity index (χ1) is 7.40. The van der Waals surface area contributed by atoms with Crippen LogP contribution in [0.25, 0.3) is 0 Å². The van der Waals surface area contributed by atoms with Gasteiger partial charge in [-0.1, -0.05) is 12.1 Å². The van der Waals surface area contributed by atoms with Crippen molar-refractivity contribution < 1.29 is 8.78 Å². The molecule has 0 bridgehead atoms. The number of hydrogen-bond acceptors (Lipinski definition) is 2. The van der Waals surface area contributed by atoms with Crippen LogP contribution in [0.15, 0.2) is 18.2 Å². The van der Waals surface area contributed by atoms with Gasteiger partial charge in [0.15, 0.2) is 0 Å². The Kier molecular flexibility index (Phi) is 4.24. The molecule has 0 amide bonds. The summed E-state index contributed by atoms with van der Waals surface area (Å²) in [5, 5.41) is 2.73. The number of nitrogens with two attached hydrogens (primary N) is 1. The Morgan fingerprint density at radius 3 is 2.69 bits per heavy atom. The summed E-state index contributed by atoms with van der Waals surface area (Å²) in [6.07, 6.45) is 0.715. The van der Waals surface area contributed by atoms with E-state index < -0.39 is 5.92 Å². The normalized spacial score (nSPS) is 11.8. The minimum atomic E-state index is -2.65. The molecule has 0 aliphatic rings. The predicted octanol–water partition coefficient (Wildman–Crippen LogP) is 2.36. The summed E-state index contributed by atoms with van der Waals surface area (Å²) in [7, 11) is 0. The second kappa shape index (κ2) is 5.25. The maximum atomic E-state index is 12.5. The Balaban J connectivity index is 2.41. The first-order valence-electron chi connectivity index (χ1n) is 5.32. The van der Waals surface area contributed by atoms with Crippen molar-refractivity contribution in [2.45, 2.75) is 26.2 Å². The van der Waals surface area contributed by atoms with Crippen molar-refractivity contribution in [1.29, 1.82) is 0 Å². The molecule has 0 aliphatic carbocycles. The first-order valence-corrected chi connectivity index (χ1v) is 5.32. The number of anilines is 1. The number of rotatable bonds is 5. The molecule has 0 aliphatic heterocycles. The van der Waals surface area contributed by atoms with Crippen LogP contribution in [0, 0.1) is 6.92 Å². The summed E-state index contributed by atoms with van der Waals surface area (Å²) in [5.74, 6) is -2.65. The monoisotopic (exact) mass is 228 g/mol. The van der Waals surface area contributed by atoms with Crippen LogP contribution >= 0.6 is 0 Å². The highest BCUT2D eigenvalue weighted by molar-refractivity contribution is 5.49. The number of hydrogen-bond donors (Lipinski definition) is 2. The van der Waals surface area contributed by atoms with Crippen molar-refractivity contribution in [3.8, 4) is 0 Å². The molecule has 0 fully saturated rings. The van der Waals surface area contributed by atoms with Gasteiger partial charge in [0.2, 0.25) is 0 Å². The average molecular weight is 228 g/mol. The average Bonchev–Trinajstić information content (AvgIpc) is 2.17. The molecular weight excluding hydrogens is 210 g/mol. The van der Waals surface area contributed by atoms with Crippen LogP contribution in [-0.2, 0) is 6.42 Å². The van der Waals surface area contributed by atoms with E-state index in [4.69, 9.17) is 5.73 Å². The second-order valence-electron chi connectivity index (χ2n) is 4.13. The van der Waals surface area contributed by atoms with E-state index in [1.165, 1.54) is 0 Å². The Morgan fingerprint density at radius 1 is 1.38 bits per heavy atom. The van der Waals surface area contributed by atoms with Crippen LogP contribution < -0.4 is 11.1 Å². The minimum Gasteiger partial charge on any atom is -0.399 e. The molecule has 4 heteroatoms. The highest BCUT2D eigenvalue weighted by Crippen LogP contribution is 2.15. The van der Waals surface area contributed by atoms with Crippen molar-refractivity contribution in [1.82, 2.24) is 5.32 Å². The summed E-state index contributed by atoms with van der Waals surface area (Å²) < 4.78 is 25.0. The third-order valence-electron chi connectivity index (χ3n) is 2.49. The van der Waals surface area contributed by atoms with Crippen molar-refractivity contribution in [2.75, 3.05) is 18.8 Å². The van der Waals surface area contributed by atoms with Gasteiger partial charge in [-0.05, 0) is 37.1 Å². The fourth-order valence-corrected chi connectivity index (χ4v) is 1.51. The summed E-state index contributed by atoms with van der Waals surface area (Å²) in [6.45, 7) is 3.10. The highest BCUT2D eigenvalue weighted by Gasteiger charge is 2.19. The van der Waals surface area contributed by atoms with E-state index >= 15 is 0 Å². The molecule has 0 saturated heterocycles. The van der Waals surface area contributed by atoms with Gasteiger partial charge in [0.1, 0.15) is 0 Å². The fourth-order valence-electron chi connectivity index (χ4n) is 1.51. The van der Waals surface area contributed by atoms with Gasteiger partial charge in [-0.2, -0.15) is 0 Å². The van der Waals surface area contributed by atoms with Crippen molar-refractivity contribution in [2.24, 2.45) is 0 Å². The lowest BCUT2D eigenvalue weighted by atomic mass is 10.0. The maximum Gasteiger partial charge on any atom is 0.257 e. The van der Waals surface area contributed by atoms with E-state index in [-0.39, 0.29) is 6.54 Å². The third kappa shape index (κ3) is 4.14. The number of nitrogen functional groups attached to an aromatic ring is 1. The van der Waals surface area contributed by atoms with Crippen LogP contribution in [0.3, 0.4) is 0 Å². The molecule has 0 radical (unpaired) electrons. The molecule has 1 rings (SSSR count). The largest absolute Gasteiger partial charge is 0.399 e. The van der Waals surface area contributed by atoms with E-state index in [2.05, 4.69) is 5.32 Å². The molecule has 1 aromatic rings. The van der Waals surface area contributed by atoms with Gasteiger partial charge in [0.05, 0.1) is 6.54 Å². The van der Waals surface area contributed by atoms with Gasteiger partial charge in [0.25, 0.3) is 5.92 Å². The number of nitrogens with one attached hydrogen (secondary N) is 1. The quantitative estimate of drug-likeness (QED) is 0.599. The molecule has 0 saturated carbocycles. The van der Waals surface area contributed by atoms with E-state index in [9.17, 15) is 8.78 Å². The molecule has 3 N–H and O–H groups in total. The smallest absolute Gasteiger partial charge is 0.257 e. The zero-order chi connectivity index (χ0) is 12.2. The SMILES string of the molecule is Cc1c(N)cccc1CCNCC(C)(F)F. The molecule has 1 aromatic carbocycles. The van der Waals surface area contributed by atoms with Crippen molar-refractivity contribution in [3.63, 3.8) is 0 Å². The zero-order valence-corrected chi connectivity index (χ0v) is 9.69. The lowest BCUT2D eigenvalue weighted by Gasteiger charge is -2.12. The number of benzene rings is 1. The van der Waals surface area contributed by atoms with Crippen LogP contribution in [0.1, 0.15) is 18.1 Å². The Hall–Kier alpha value is -1.16. The maximum absolute atomic E-state index is 12.5. The minimum absolute atomic E-state index is 0.283. The number of halogens is 2. The van der Waals surface area contributed by atoms with Gasteiger partial charge in [-0.25, -0.2) is 8.78 Å². The fraction of sp³-hybridized carbons (Fsp3) is 0.500. The Bertz CT molecular complexity index is 345. The number of alkyl halides is 2. The predicted molar refractivity (Wildman–Crippen MR) is 62.8 cm³/mol. The van der Waals surface area contributed by atoms with E-state index in [1.54, 1.807) is 0 Å². The molecular formula is C12H18F2N2. The van der Waals surface area contributed by atoms with Crippen LogP contribution in [0.4, 0.5) is 14.5 Å². The summed E-state index contributed by atoms with van der Waals surface area (Å²) in [6, 6.07) is 5.69. The lowest BCUT2D eigenvalue weighted by molar-refractivity contribution is 0.0230. The van der Waals surface area contributed by atoms with E-state index in [0.29, 0.717) is 13.0 Å². The van der Waals surface area contributed by atoms with E-state index in [1.807, 2.05) is 25.1 Å². The van der Waals surface area contributed by atoms with Gasteiger partial charge in [-0.3, -0.25) is 0 Å². The first kappa shape index (κ1) is 12.9. The van der Waals surface area contributed by atoms with Gasteiger partial charge >= 0.3 is 0 Å². The lowest BCUT2D eigenvalue weighted by Crippen LogP contribution is -2.31. The topological polar surface area (TPSA) is 38.0 Å². The Morgan fingerprint density at radius 2 is 2.06 bits per heavy atom. The highest BCUT2D eigenvalue weighted by atomic mass is 19.3. The van der Waals surface area contributed by atoms with Crippen LogP contribution in [0.2, 0.25) is 0 Å². The summed E-state index contributed by atoms with van der Waals surface area (Å²) in [5.41, 5.74) is 8.64. The molecule has 0 spiro atoms. The molecule has 0 unspecified atom stereocenters. The van der Waals surface area contributed by atoms with Gasteiger partial charge < -0.3 is 11.1 Å². The van der Waals surface area contributed by atoms with Gasteiger partial charge in [0, 0.05) is 12.6 Å². The van der Waals surface area contributed by atoms with Crippen molar-refractivity contribution in [3.05, 3.63) is 29.3 Å². The molecule has 2 nitrogen and oxygen atoms in total. The zero-order valence-electron chi connectivity index (χ0n) is 9.69. The van der Waals surface area contributed by atoms with Crippen LogP contribution in [-0.4, -0.2) is 19.0 Å². The molecule has 0 atom stereocenters. The molecule has 0 aromatic heterocycles. The summed E-state index contributed by atoms with van der Waals surface area (Å²) in [4.78, 5) is 0.